The van der Waals surface area contributed by atoms with Crippen molar-refractivity contribution in [2.45, 2.75) is 65.4 Å². The van der Waals surface area contributed by atoms with Gasteiger partial charge in [-0.15, -0.1) is 0 Å². The fourth-order valence-corrected chi connectivity index (χ4v) is 1.23. The molecule has 0 aromatic rings. The van der Waals surface area contributed by atoms with Gasteiger partial charge in [0, 0.05) is 6.42 Å². The van der Waals surface area contributed by atoms with Gasteiger partial charge in [0.1, 0.15) is 0 Å². The molecular weight excluding hydrogens is 164 g/mol. The molecule has 0 fully saturated rings. The molecular formula is C11H22O2. The van der Waals surface area contributed by atoms with Crippen LogP contribution in [0.15, 0.2) is 0 Å². The lowest BCUT2D eigenvalue weighted by Crippen LogP contribution is -2.13. The molecule has 0 bridgehead atoms. The van der Waals surface area contributed by atoms with Gasteiger partial charge in [0.25, 0.3) is 0 Å². The molecule has 0 radical (unpaired) electrons. The Kier molecular flexibility index (Phi) is 7.76. The van der Waals surface area contributed by atoms with Crippen LogP contribution in [0.1, 0.15) is 59.3 Å². The van der Waals surface area contributed by atoms with Crippen molar-refractivity contribution in [2.75, 3.05) is 0 Å². The van der Waals surface area contributed by atoms with Crippen LogP contribution in [-0.2, 0) is 9.53 Å². The second-order valence-corrected chi connectivity index (χ2v) is 3.50. The first-order chi connectivity index (χ1) is 6.20. The van der Waals surface area contributed by atoms with E-state index in [-0.39, 0.29) is 12.1 Å². The summed E-state index contributed by atoms with van der Waals surface area (Å²) >= 11 is 0. The van der Waals surface area contributed by atoms with E-state index in [1.54, 1.807) is 0 Å². The third-order valence-corrected chi connectivity index (χ3v) is 2.09. The van der Waals surface area contributed by atoms with E-state index in [1.165, 1.54) is 25.7 Å². The fourth-order valence-electron chi connectivity index (χ4n) is 1.23. The van der Waals surface area contributed by atoms with E-state index in [0.29, 0.717) is 6.42 Å². The van der Waals surface area contributed by atoms with E-state index >= 15 is 0 Å². The first-order valence-electron chi connectivity index (χ1n) is 5.40. The first-order valence-corrected chi connectivity index (χ1v) is 5.40. The topological polar surface area (TPSA) is 26.3 Å². The molecule has 2 nitrogen and oxygen atoms in total. The summed E-state index contributed by atoms with van der Waals surface area (Å²) in [4.78, 5) is 10.9. The molecule has 0 aromatic heterocycles. The van der Waals surface area contributed by atoms with Crippen LogP contribution in [0.2, 0.25) is 0 Å². The Balaban J connectivity index is 3.29. The van der Waals surface area contributed by atoms with Gasteiger partial charge in [-0.2, -0.15) is 0 Å². The van der Waals surface area contributed by atoms with Crippen LogP contribution in [-0.4, -0.2) is 12.1 Å². The maximum atomic E-state index is 10.9. The van der Waals surface area contributed by atoms with Crippen molar-refractivity contribution in [3.05, 3.63) is 0 Å². The van der Waals surface area contributed by atoms with Gasteiger partial charge in [0.15, 0.2) is 0 Å². The molecule has 13 heavy (non-hydrogen) atoms. The van der Waals surface area contributed by atoms with E-state index in [9.17, 15) is 4.79 Å². The molecule has 0 aliphatic heterocycles. The number of unbranched alkanes of at least 4 members (excludes halogenated alkanes) is 3. The van der Waals surface area contributed by atoms with Crippen LogP contribution in [0, 0.1) is 0 Å². The molecule has 0 N–H and O–H groups in total. The van der Waals surface area contributed by atoms with Crippen LogP contribution in [0.25, 0.3) is 0 Å². The summed E-state index contributed by atoms with van der Waals surface area (Å²) in [5.41, 5.74) is 0. The molecule has 0 rings (SSSR count). The number of esters is 1. The zero-order valence-corrected chi connectivity index (χ0v) is 9.14. The van der Waals surface area contributed by atoms with Crippen molar-refractivity contribution >= 4 is 5.97 Å². The van der Waals surface area contributed by atoms with Gasteiger partial charge < -0.3 is 4.74 Å². The molecule has 1 atom stereocenters. The monoisotopic (exact) mass is 186 g/mol. The zero-order valence-electron chi connectivity index (χ0n) is 9.14. The van der Waals surface area contributed by atoms with E-state index in [4.69, 9.17) is 4.74 Å². The molecule has 0 aromatic carbocycles. The predicted octanol–water partition coefficient (Wildman–Crippen LogP) is 3.30. The summed E-state index contributed by atoms with van der Waals surface area (Å²) < 4.78 is 5.14. The van der Waals surface area contributed by atoms with Crippen molar-refractivity contribution in [2.24, 2.45) is 0 Å². The van der Waals surface area contributed by atoms with Gasteiger partial charge in [-0.05, 0) is 19.8 Å². The van der Waals surface area contributed by atoms with E-state index in [2.05, 4.69) is 6.92 Å². The van der Waals surface area contributed by atoms with E-state index in [0.717, 1.165) is 6.42 Å². The number of hydrogen-bond donors (Lipinski definition) is 0. The highest BCUT2D eigenvalue weighted by Crippen LogP contribution is 2.08. The maximum absolute atomic E-state index is 10.9. The van der Waals surface area contributed by atoms with Crippen molar-refractivity contribution < 1.29 is 9.53 Å². The van der Waals surface area contributed by atoms with Crippen molar-refractivity contribution in [1.82, 2.24) is 0 Å². The molecule has 0 amide bonds. The van der Waals surface area contributed by atoms with Gasteiger partial charge >= 0.3 is 5.97 Å². The average molecular weight is 186 g/mol. The number of hydrogen-bond acceptors (Lipinski definition) is 2. The molecule has 2 heteroatoms. The molecule has 0 spiro atoms. The Hall–Kier alpha value is -0.530. The van der Waals surface area contributed by atoms with Crippen molar-refractivity contribution in [3.63, 3.8) is 0 Å². The Bertz CT molecular complexity index is 132. The minimum atomic E-state index is -0.0806. The lowest BCUT2D eigenvalue weighted by molar-refractivity contribution is -0.148. The maximum Gasteiger partial charge on any atom is 0.305 e. The highest BCUT2D eigenvalue weighted by molar-refractivity contribution is 5.69. The number of carbonyl (C=O) groups excluding carboxylic acids is 1. The highest BCUT2D eigenvalue weighted by atomic mass is 16.5. The van der Waals surface area contributed by atoms with Crippen LogP contribution in [0.5, 0.6) is 0 Å². The summed E-state index contributed by atoms with van der Waals surface area (Å²) in [5.74, 6) is -0.0806. The molecule has 0 unspecified atom stereocenters. The minimum Gasteiger partial charge on any atom is -0.463 e. The quantitative estimate of drug-likeness (QED) is 0.450. The van der Waals surface area contributed by atoms with Gasteiger partial charge in [-0.25, -0.2) is 0 Å². The van der Waals surface area contributed by atoms with Crippen LogP contribution in [0.3, 0.4) is 0 Å². The average Bonchev–Trinajstić information content (AvgIpc) is 2.12. The highest BCUT2D eigenvalue weighted by Gasteiger charge is 2.06. The van der Waals surface area contributed by atoms with Crippen LogP contribution < -0.4 is 0 Å². The van der Waals surface area contributed by atoms with E-state index in [1.807, 2.05) is 13.8 Å². The summed E-state index contributed by atoms with van der Waals surface area (Å²) in [6.07, 6.45) is 6.56. The first kappa shape index (κ1) is 12.5. The number of rotatable bonds is 7. The minimum absolute atomic E-state index is 0.0806. The van der Waals surface area contributed by atoms with Gasteiger partial charge in [-0.1, -0.05) is 33.1 Å². The number of ether oxygens (including phenoxy) is 1. The largest absolute Gasteiger partial charge is 0.463 e. The Morgan fingerprint density at radius 2 is 1.92 bits per heavy atom. The molecule has 78 valence electrons. The molecule has 0 saturated carbocycles. The Morgan fingerprint density at radius 3 is 2.46 bits per heavy atom. The third kappa shape index (κ3) is 7.82. The Morgan fingerprint density at radius 1 is 1.23 bits per heavy atom. The number of carbonyl (C=O) groups is 1. The predicted molar refractivity (Wildman–Crippen MR) is 54.6 cm³/mol. The van der Waals surface area contributed by atoms with Gasteiger partial charge in [0.05, 0.1) is 6.10 Å². The summed E-state index contributed by atoms with van der Waals surface area (Å²) in [6, 6.07) is 0. The van der Waals surface area contributed by atoms with E-state index < -0.39 is 0 Å². The molecule has 0 aliphatic rings. The summed E-state index contributed by atoms with van der Waals surface area (Å²) in [7, 11) is 0. The SMILES string of the molecule is CCCCCC[C@@H](C)OC(=O)CC. The summed E-state index contributed by atoms with van der Waals surface area (Å²) in [5, 5.41) is 0. The molecule has 0 aliphatic carbocycles. The summed E-state index contributed by atoms with van der Waals surface area (Å²) in [6.45, 7) is 5.99. The normalized spacial score (nSPS) is 12.5. The van der Waals surface area contributed by atoms with Crippen LogP contribution in [0.4, 0.5) is 0 Å². The van der Waals surface area contributed by atoms with Crippen LogP contribution >= 0.6 is 0 Å². The van der Waals surface area contributed by atoms with Crippen molar-refractivity contribution in [1.29, 1.82) is 0 Å². The van der Waals surface area contributed by atoms with Crippen molar-refractivity contribution in [3.8, 4) is 0 Å². The van der Waals surface area contributed by atoms with Gasteiger partial charge in [-0.3, -0.25) is 4.79 Å². The lowest BCUT2D eigenvalue weighted by Gasteiger charge is -2.11. The standard InChI is InChI=1S/C11H22O2/c1-4-6-7-8-9-10(3)13-11(12)5-2/h10H,4-9H2,1-3H3/t10-/m1/s1. The molecule has 0 heterocycles. The second-order valence-electron chi connectivity index (χ2n) is 3.50. The fraction of sp³-hybridized carbons (Fsp3) is 0.909. The van der Waals surface area contributed by atoms with Gasteiger partial charge in [0.2, 0.25) is 0 Å². The second kappa shape index (κ2) is 8.09. The smallest absolute Gasteiger partial charge is 0.305 e. The molecule has 0 saturated heterocycles. The zero-order chi connectivity index (χ0) is 10.1. The third-order valence-electron chi connectivity index (χ3n) is 2.09. The Labute approximate surface area is 81.7 Å². The lowest BCUT2D eigenvalue weighted by atomic mass is 10.1.